The summed E-state index contributed by atoms with van der Waals surface area (Å²) in [6.45, 7) is 3.22. The van der Waals surface area contributed by atoms with Crippen molar-refractivity contribution in [1.29, 1.82) is 0 Å². The fourth-order valence-corrected chi connectivity index (χ4v) is 0.885. The van der Waals surface area contributed by atoms with E-state index in [0.717, 1.165) is 26.2 Å². The molecule has 4 nitrogen and oxygen atoms in total. The Hall–Kier alpha value is -0.190. The molecule has 68 valence electrons. The Balaban J connectivity index is 0. The monoisotopic (exact) mass is 201 g/mol. The molecule has 1 fully saturated rings. The smallest absolute Gasteiger partial charge is 0.314 e. The molecule has 0 spiro atoms. The highest BCUT2D eigenvalue weighted by Gasteiger charge is 2.11. The van der Waals surface area contributed by atoms with Crippen molar-refractivity contribution < 1.29 is 4.79 Å². The molecule has 1 heterocycles. The Morgan fingerprint density at radius 2 is 1.73 bits per heavy atom. The summed E-state index contributed by atoms with van der Waals surface area (Å²) >= 11 is 0. The molecule has 2 amide bonds. The zero-order valence-corrected chi connectivity index (χ0v) is 7.71. The third-order valence-electron chi connectivity index (χ3n) is 1.43. The summed E-state index contributed by atoms with van der Waals surface area (Å²) in [5, 5.41) is 3.12. The molecule has 11 heavy (non-hydrogen) atoms. The van der Waals surface area contributed by atoms with Gasteiger partial charge in [0.2, 0.25) is 0 Å². The number of rotatable bonds is 0. The number of nitrogens with zero attached hydrogens (tertiary/aromatic N) is 1. The summed E-state index contributed by atoms with van der Waals surface area (Å²) in [4.78, 5) is 12.1. The number of piperazine rings is 1. The van der Waals surface area contributed by atoms with Crippen molar-refractivity contribution in [3.63, 3.8) is 0 Å². The second kappa shape index (κ2) is 6.52. The molecule has 0 unspecified atom stereocenters. The maximum absolute atomic E-state index is 10.5. The van der Waals surface area contributed by atoms with E-state index >= 15 is 0 Å². The summed E-state index contributed by atoms with van der Waals surface area (Å²) in [5.41, 5.74) is 5.03. The lowest BCUT2D eigenvalue weighted by atomic mass is 10.4. The highest BCUT2D eigenvalue weighted by Crippen LogP contribution is 1.89. The average molecular weight is 202 g/mol. The number of carbonyl (C=O) groups is 1. The molecule has 1 aliphatic heterocycles. The molecular formula is C5H13Cl2N3O. The molecule has 0 aliphatic carbocycles. The molecule has 0 aromatic heterocycles. The van der Waals surface area contributed by atoms with Crippen molar-refractivity contribution in [2.45, 2.75) is 0 Å². The zero-order valence-electron chi connectivity index (χ0n) is 6.08. The Morgan fingerprint density at radius 3 is 2.00 bits per heavy atom. The quantitative estimate of drug-likeness (QED) is 0.572. The third-order valence-corrected chi connectivity index (χ3v) is 1.43. The molecule has 0 radical (unpaired) electrons. The number of amides is 2. The van der Waals surface area contributed by atoms with E-state index in [0.29, 0.717) is 0 Å². The van der Waals surface area contributed by atoms with Crippen LogP contribution in [0.2, 0.25) is 0 Å². The number of nitrogens with one attached hydrogen (secondary N) is 1. The van der Waals surface area contributed by atoms with E-state index in [2.05, 4.69) is 5.32 Å². The van der Waals surface area contributed by atoms with E-state index in [1.807, 2.05) is 0 Å². The van der Waals surface area contributed by atoms with Gasteiger partial charge in [0.05, 0.1) is 0 Å². The first kappa shape index (κ1) is 13.4. The van der Waals surface area contributed by atoms with E-state index < -0.39 is 0 Å². The molecular weight excluding hydrogens is 189 g/mol. The minimum absolute atomic E-state index is 0. The Labute approximate surface area is 78.3 Å². The minimum Gasteiger partial charge on any atom is -0.351 e. The van der Waals surface area contributed by atoms with Crippen LogP contribution >= 0.6 is 24.8 Å². The van der Waals surface area contributed by atoms with Crippen molar-refractivity contribution >= 4 is 30.8 Å². The maximum atomic E-state index is 10.5. The molecule has 3 N–H and O–H groups in total. The van der Waals surface area contributed by atoms with Crippen LogP contribution in [0.4, 0.5) is 4.79 Å². The normalized spacial score (nSPS) is 16.2. The molecule has 0 saturated carbocycles. The molecule has 1 rings (SSSR count). The Bertz CT molecular complexity index is 116. The lowest BCUT2D eigenvalue weighted by Crippen LogP contribution is -2.48. The van der Waals surface area contributed by atoms with Gasteiger partial charge < -0.3 is 16.0 Å². The summed E-state index contributed by atoms with van der Waals surface area (Å²) in [6, 6.07) is -0.309. The fraction of sp³-hybridized carbons (Fsp3) is 0.800. The van der Waals surface area contributed by atoms with E-state index in [-0.39, 0.29) is 30.8 Å². The average Bonchev–Trinajstić information content (AvgIpc) is 1.90. The summed E-state index contributed by atoms with van der Waals surface area (Å²) < 4.78 is 0. The van der Waals surface area contributed by atoms with E-state index in [9.17, 15) is 4.79 Å². The van der Waals surface area contributed by atoms with Gasteiger partial charge in [-0.15, -0.1) is 24.8 Å². The van der Waals surface area contributed by atoms with E-state index in [1.54, 1.807) is 4.90 Å². The second-order valence-electron chi connectivity index (χ2n) is 2.08. The van der Waals surface area contributed by atoms with Crippen molar-refractivity contribution in [3.05, 3.63) is 0 Å². The van der Waals surface area contributed by atoms with Crippen LogP contribution < -0.4 is 11.1 Å². The highest BCUT2D eigenvalue weighted by atomic mass is 35.5. The van der Waals surface area contributed by atoms with Gasteiger partial charge in [-0.2, -0.15) is 0 Å². The number of halogens is 2. The van der Waals surface area contributed by atoms with Gasteiger partial charge in [0, 0.05) is 26.2 Å². The number of primary amides is 1. The highest BCUT2D eigenvalue weighted by molar-refractivity contribution is 5.85. The van der Waals surface area contributed by atoms with Crippen LogP contribution in [-0.4, -0.2) is 37.1 Å². The van der Waals surface area contributed by atoms with Crippen molar-refractivity contribution in [3.8, 4) is 0 Å². The van der Waals surface area contributed by atoms with Gasteiger partial charge in [0.25, 0.3) is 0 Å². The van der Waals surface area contributed by atoms with Crippen LogP contribution in [0.25, 0.3) is 0 Å². The standard InChI is InChI=1S/C5H11N3O.2ClH/c6-5(9)8-3-1-7-2-4-8;;/h7H,1-4H2,(H2,6,9);2*1H. The lowest BCUT2D eigenvalue weighted by molar-refractivity contribution is 0.200. The molecule has 0 aromatic rings. The topological polar surface area (TPSA) is 58.4 Å². The van der Waals surface area contributed by atoms with Crippen LogP contribution in [0.3, 0.4) is 0 Å². The minimum atomic E-state index is -0.309. The van der Waals surface area contributed by atoms with E-state index in [1.165, 1.54) is 0 Å². The van der Waals surface area contributed by atoms with Gasteiger partial charge in [-0.3, -0.25) is 0 Å². The number of nitrogens with two attached hydrogens (primary N) is 1. The fourth-order valence-electron chi connectivity index (χ4n) is 0.885. The molecule has 6 heteroatoms. The number of hydrogen-bond acceptors (Lipinski definition) is 2. The second-order valence-corrected chi connectivity index (χ2v) is 2.08. The van der Waals surface area contributed by atoms with Gasteiger partial charge in [-0.25, -0.2) is 4.79 Å². The molecule has 1 aliphatic rings. The van der Waals surface area contributed by atoms with Crippen LogP contribution in [-0.2, 0) is 0 Å². The summed E-state index contributed by atoms with van der Waals surface area (Å²) in [7, 11) is 0. The Morgan fingerprint density at radius 1 is 1.27 bits per heavy atom. The van der Waals surface area contributed by atoms with Gasteiger partial charge in [-0.1, -0.05) is 0 Å². The number of urea groups is 1. The zero-order chi connectivity index (χ0) is 6.69. The van der Waals surface area contributed by atoms with Crippen LogP contribution in [0, 0.1) is 0 Å². The maximum Gasteiger partial charge on any atom is 0.314 e. The van der Waals surface area contributed by atoms with E-state index in [4.69, 9.17) is 5.73 Å². The van der Waals surface area contributed by atoms with Gasteiger partial charge in [0.1, 0.15) is 0 Å². The van der Waals surface area contributed by atoms with Gasteiger partial charge in [0.15, 0.2) is 0 Å². The third kappa shape index (κ3) is 4.29. The van der Waals surface area contributed by atoms with Crippen LogP contribution in [0.1, 0.15) is 0 Å². The first-order chi connectivity index (χ1) is 4.30. The van der Waals surface area contributed by atoms with Crippen molar-refractivity contribution in [2.75, 3.05) is 26.2 Å². The largest absolute Gasteiger partial charge is 0.351 e. The lowest BCUT2D eigenvalue weighted by Gasteiger charge is -2.25. The SMILES string of the molecule is Cl.Cl.NC(=O)N1CCNCC1. The van der Waals surface area contributed by atoms with Gasteiger partial charge >= 0.3 is 6.03 Å². The van der Waals surface area contributed by atoms with Crippen LogP contribution in [0.5, 0.6) is 0 Å². The molecule has 0 bridgehead atoms. The predicted octanol–water partition coefficient (Wildman–Crippen LogP) is -0.186. The molecule has 0 aromatic carbocycles. The summed E-state index contributed by atoms with van der Waals surface area (Å²) in [6.07, 6.45) is 0. The first-order valence-corrected chi connectivity index (χ1v) is 3.06. The predicted molar refractivity (Wildman–Crippen MR) is 48.5 cm³/mol. The van der Waals surface area contributed by atoms with Crippen molar-refractivity contribution in [2.24, 2.45) is 5.73 Å². The number of carbonyl (C=O) groups excluding carboxylic acids is 1. The first-order valence-electron chi connectivity index (χ1n) is 3.06. The number of hydrogen-bond donors (Lipinski definition) is 2. The van der Waals surface area contributed by atoms with Gasteiger partial charge in [-0.05, 0) is 0 Å². The Kier molecular flexibility index (Phi) is 7.94. The molecule has 1 saturated heterocycles. The molecule has 0 atom stereocenters. The van der Waals surface area contributed by atoms with Crippen LogP contribution in [0.15, 0.2) is 0 Å². The summed E-state index contributed by atoms with van der Waals surface area (Å²) in [5.74, 6) is 0. The van der Waals surface area contributed by atoms with Crippen molar-refractivity contribution in [1.82, 2.24) is 10.2 Å².